The molecular formula is C11H18BrN3O. The molecule has 2 atom stereocenters. The van der Waals surface area contributed by atoms with Gasteiger partial charge in [-0.15, -0.1) is 0 Å². The summed E-state index contributed by atoms with van der Waals surface area (Å²) in [7, 11) is 0. The van der Waals surface area contributed by atoms with E-state index in [0.717, 1.165) is 37.1 Å². The quantitative estimate of drug-likeness (QED) is 0.796. The second-order valence-electron chi connectivity index (χ2n) is 4.43. The van der Waals surface area contributed by atoms with Crippen molar-refractivity contribution in [1.82, 2.24) is 14.8 Å². The van der Waals surface area contributed by atoms with Crippen LogP contribution in [0.4, 0.5) is 0 Å². The average molecular weight is 288 g/mol. The van der Waals surface area contributed by atoms with Crippen molar-refractivity contribution < 1.29 is 4.74 Å². The van der Waals surface area contributed by atoms with Gasteiger partial charge in [-0.05, 0) is 20.3 Å². The van der Waals surface area contributed by atoms with E-state index in [1.165, 1.54) is 0 Å². The van der Waals surface area contributed by atoms with Gasteiger partial charge in [-0.2, -0.15) is 5.10 Å². The Morgan fingerprint density at radius 1 is 1.69 bits per heavy atom. The van der Waals surface area contributed by atoms with Crippen LogP contribution in [0.2, 0.25) is 0 Å². The lowest BCUT2D eigenvalue weighted by molar-refractivity contribution is 0.0733. The Kier molecular flexibility index (Phi) is 3.64. The van der Waals surface area contributed by atoms with Gasteiger partial charge in [-0.3, -0.25) is 4.68 Å². The highest BCUT2D eigenvalue weighted by Crippen LogP contribution is 2.39. The van der Waals surface area contributed by atoms with Gasteiger partial charge in [0, 0.05) is 30.3 Å². The maximum absolute atomic E-state index is 5.69. The van der Waals surface area contributed by atoms with Crippen molar-refractivity contribution in [1.29, 1.82) is 0 Å². The summed E-state index contributed by atoms with van der Waals surface area (Å²) in [4.78, 5) is 4.35. The number of hydrogen-bond donors (Lipinski definition) is 0. The number of aromatic nitrogens is 3. The second kappa shape index (κ2) is 4.84. The smallest absolute Gasteiger partial charge is 0.138 e. The lowest BCUT2D eigenvalue weighted by Gasteiger charge is -2.29. The van der Waals surface area contributed by atoms with E-state index in [4.69, 9.17) is 4.74 Å². The van der Waals surface area contributed by atoms with Crippen LogP contribution in [0.3, 0.4) is 0 Å². The zero-order valence-corrected chi connectivity index (χ0v) is 11.4. The zero-order chi connectivity index (χ0) is 11.6. The number of rotatable bonds is 4. The fraction of sp³-hybridized carbons (Fsp3) is 0.818. The fourth-order valence-corrected chi connectivity index (χ4v) is 3.21. The zero-order valence-electron chi connectivity index (χ0n) is 9.82. The van der Waals surface area contributed by atoms with Crippen molar-refractivity contribution in [3.8, 4) is 0 Å². The third-order valence-electron chi connectivity index (χ3n) is 3.60. The normalized spacial score (nSPS) is 29.8. The number of hydrogen-bond acceptors (Lipinski definition) is 3. The van der Waals surface area contributed by atoms with Gasteiger partial charge in [-0.25, -0.2) is 4.98 Å². The Balaban J connectivity index is 2.18. The minimum Gasteiger partial charge on any atom is -0.378 e. The fourth-order valence-electron chi connectivity index (χ4n) is 2.28. The van der Waals surface area contributed by atoms with Crippen LogP contribution in [-0.4, -0.2) is 32.8 Å². The van der Waals surface area contributed by atoms with E-state index < -0.39 is 0 Å². The van der Waals surface area contributed by atoms with Crippen LogP contribution in [0, 0.1) is 5.41 Å². The predicted octanol–water partition coefficient (Wildman–Crippen LogP) is 2.03. The van der Waals surface area contributed by atoms with Crippen LogP contribution >= 0.6 is 15.9 Å². The van der Waals surface area contributed by atoms with Crippen LogP contribution in [0.5, 0.6) is 0 Å². The maximum Gasteiger partial charge on any atom is 0.138 e. The Morgan fingerprint density at radius 2 is 2.50 bits per heavy atom. The molecule has 2 rings (SSSR count). The number of ether oxygens (including phenoxy) is 1. The summed E-state index contributed by atoms with van der Waals surface area (Å²) in [6.45, 7) is 5.98. The summed E-state index contributed by atoms with van der Waals surface area (Å²) in [6.07, 6.45) is 3.96. The molecule has 0 aliphatic carbocycles. The van der Waals surface area contributed by atoms with E-state index in [2.05, 4.69) is 39.9 Å². The molecule has 1 aromatic rings. The number of aryl methyl sites for hydroxylation is 1. The molecular weight excluding hydrogens is 270 g/mol. The number of nitrogens with zero attached hydrogens (tertiary/aromatic N) is 3. The van der Waals surface area contributed by atoms with E-state index in [1.807, 2.05) is 4.68 Å². The number of halogens is 1. The maximum atomic E-state index is 5.69. The highest BCUT2D eigenvalue weighted by atomic mass is 79.9. The molecule has 1 aliphatic heterocycles. The summed E-state index contributed by atoms with van der Waals surface area (Å²) in [5.74, 6) is 1.07. The molecule has 2 unspecified atom stereocenters. The first kappa shape index (κ1) is 12.0. The standard InChI is InChI=1S/C11H18BrN3O/c1-3-15-10(13-8-14-15)6-11(7-12)4-5-16-9(11)2/h8-9H,3-7H2,1-2H3. The van der Waals surface area contributed by atoms with E-state index in [9.17, 15) is 0 Å². The minimum atomic E-state index is 0.181. The molecule has 0 aromatic carbocycles. The summed E-state index contributed by atoms with van der Waals surface area (Å²) in [5.41, 5.74) is 0.181. The molecule has 0 spiro atoms. The highest BCUT2D eigenvalue weighted by molar-refractivity contribution is 9.09. The average Bonchev–Trinajstić information content (AvgIpc) is 2.87. The molecule has 0 bridgehead atoms. The van der Waals surface area contributed by atoms with Crippen molar-refractivity contribution in [2.75, 3.05) is 11.9 Å². The van der Waals surface area contributed by atoms with Crippen LogP contribution in [0.1, 0.15) is 26.1 Å². The van der Waals surface area contributed by atoms with Crippen molar-refractivity contribution in [3.63, 3.8) is 0 Å². The lowest BCUT2D eigenvalue weighted by Crippen LogP contribution is -2.34. The molecule has 0 radical (unpaired) electrons. The van der Waals surface area contributed by atoms with E-state index in [1.54, 1.807) is 6.33 Å². The molecule has 1 aromatic heterocycles. The Bertz CT molecular complexity index is 355. The summed E-state index contributed by atoms with van der Waals surface area (Å²) >= 11 is 3.63. The van der Waals surface area contributed by atoms with Gasteiger partial charge in [0.05, 0.1) is 6.10 Å². The molecule has 5 heteroatoms. The second-order valence-corrected chi connectivity index (χ2v) is 4.99. The third-order valence-corrected chi connectivity index (χ3v) is 4.72. The van der Waals surface area contributed by atoms with E-state index in [0.29, 0.717) is 0 Å². The van der Waals surface area contributed by atoms with Gasteiger partial charge in [0.15, 0.2) is 0 Å². The van der Waals surface area contributed by atoms with Crippen molar-refractivity contribution in [2.45, 2.75) is 39.3 Å². The molecule has 1 aliphatic rings. The molecule has 0 N–H and O–H groups in total. The van der Waals surface area contributed by atoms with Crippen LogP contribution < -0.4 is 0 Å². The molecule has 90 valence electrons. The van der Waals surface area contributed by atoms with Crippen molar-refractivity contribution >= 4 is 15.9 Å². The molecule has 4 nitrogen and oxygen atoms in total. The van der Waals surface area contributed by atoms with Gasteiger partial charge in [0.2, 0.25) is 0 Å². The Hall–Kier alpha value is -0.420. The monoisotopic (exact) mass is 287 g/mol. The third kappa shape index (κ3) is 2.02. The van der Waals surface area contributed by atoms with Crippen LogP contribution in [0.25, 0.3) is 0 Å². The molecule has 1 fully saturated rings. The first-order valence-electron chi connectivity index (χ1n) is 5.76. The molecule has 16 heavy (non-hydrogen) atoms. The molecule has 2 heterocycles. The van der Waals surface area contributed by atoms with Crippen molar-refractivity contribution in [2.24, 2.45) is 5.41 Å². The van der Waals surface area contributed by atoms with Crippen molar-refractivity contribution in [3.05, 3.63) is 12.2 Å². The SMILES string of the molecule is CCn1ncnc1CC1(CBr)CCOC1C. The van der Waals surface area contributed by atoms with E-state index >= 15 is 0 Å². The highest BCUT2D eigenvalue weighted by Gasteiger charge is 2.41. The predicted molar refractivity (Wildman–Crippen MR) is 65.7 cm³/mol. The molecule has 0 amide bonds. The summed E-state index contributed by atoms with van der Waals surface area (Å²) < 4.78 is 7.66. The van der Waals surface area contributed by atoms with Gasteiger partial charge in [0.1, 0.15) is 12.2 Å². The van der Waals surface area contributed by atoms with Gasteiger partial charge < -0.3 is 4.74 Å². The lowest BCUT2D eigenvalue weighted by atomic mass is 9.80. The van der Waals surface area contributed by atoms with Gasteiger partial charge in [0.25, 0.3) is 0 Å². The Labute approximate surface area is 105 Å². The van der Waals surface area contributed by atoms with Gasteiger partial charge in [-0.1, -0.05) is 15.9 Å². The minimum absolute atomic E-state index is 0.181. The van der Waals surface area contributed by atoms with Crippen LogP contribution in [-0.2, 0) is 17.7 Å². The summed E-state index contributed by atoms with van der Waals surface area (Å²) in [6, 6.07) is 0. The van der Waals surface area contributed by atoms with Gasteiger partial charge >= 0.3 is 0 Å². The first-order valence-corrected chi connectivity index (χ1v) is 6.88. The molecule has 0 saturated carbocycles. The molecule has 1 saturated heterocycles. The largest absolute Gasteiger partial charge is 0.378 e. The topological polar surface area (TPSA) is 39.9 Å². The first-order chi connectivity index (χ1) is 7.72. The number of alkyl halides is 1. The van der Waals surface area contributed by atoms with E-state index in [-0.39, 0.29) is 11.5 Å². The summed E-state index contributed by atoms with van der Waals surface area (Å²) in [5, 5.41) is 5.17. The van der Waals surface area contributed by atoms with Crippen LogP contribution in [0.15, 0.2) is 6.33 Å². The Morgan fingerprint density at radius 3 is 3.06 bits per heavy atom.